The zero-order chi connectivity index (χ0) is 13.7. The maximum atomic E-state index is 10.2. The molecule has 17 heavy (non-hydrogen) atoms. The predicted molar refractivity (Wildman–Crippen MR) is 78.0 cm³/mol. The predicted octanol–water partition coefficient (Wildman–Crippen LogP) is 4.12. The first kappa shape index (κ1) is 17.1. The molecule has 0 aliphatic carbocycles. The molecule has 0 spiro atoms. The lowest BCUT2D eigenvalue weighted by Gasteiger charge is -2.35. The van der Waals surface area contributed by atoms with Crippen molar-refractivity contribution in [3.05, 3.63) is 0 Å². The molecular formula is C14H32O2Si. The summed E-state index contributed by atoms with van der Waals surface area (Å²) in [7, 11) is -1.06. The summed E-state index contributed by atoms with van der Waals surface area (Å²) in [5.74, 6) is 0.593. The van der Waals surface area contributed by atoms with Crippen molar-refractivity contribution in [2.24, 2.45) is 11.3 Å². The van der Waals surface area contributed by atoms with Crippen LogP contribution in [0.25, 0.3) is 0 Å². The molecule has 0 rings (SSSR count). The molecule has 104 valence electrons. The van der Waals surface area contributed by atoms with Crippen molar-refractivity contribution in [1.29, 1.82) is 0 Å². The van der Waals surface area contributed by atoms with Gasteiger partial charge in [0.15, 0.2) is 6.29 Å². The number of aliphatic hydroxyl groups excluding tert-OH is 1. The Morgan fingerprint density at radius 3 is 2.12 bits per heavy atom. The number of hydrogen-bond acceptors (Lipinski definition) is 2. The standard InChI is InChI=1S/C14H32O2Si/c1-8-14(4,11-12(2)3)13(15)16-9-10-17(5,6)7/h12-13,15H,8-11H2,1-7H3. The Labute approximate surface area is 109 Å². The number of rotatable bonds is 8. The Morgan fingerprint density at radius 2 is 1.76 bits per heavy atom. The summed E-state index contributed by atoms with van der Waals surface area (Å²) in [4.78, 5) is 0. The molecular weight excluding hydrogens is 228 g/mol. The highest BCUT2D eigenvalue weighted by Gasteiger charge is 2.33. The zero-order valence-electron chi connectivity index (χ0n) is 12.8. The monoisotopic (exact) mass is 260 g/mol. The highest BCUT2D eigenvalue weighted by Crippen LogP contribution is 2.34. The van der Waals surface area contributed by atoms with E-state index < -0.39 is 14.4 Å². The third-order valence-corrected chi connectivity index (χ3v) is 5.11. The van der Waals surface area contributed by atoms with Gasteiger partial charge < -0.3 is 9.84 Å². The fraction of sp³-hybridized carbons (Fsp3) is 1.00. The van der Waals surface area contributed by atoms with Gasteiger partial charge in [-0.2, -0.15) is 0 Å². The summed E-state index contributed by atoms with van der Waals surface area (Å²) in [5, 5.41) is 10.2. The minimum absolute atomic E-state index is 0.104. The Hall–Kier alpha value is 0.137. The molecule has 2 nitrogen and oxygen atoms in total. The van der Waals surface area contributed by atoms with Gasteiger partial charge >= 0.3 is 0 Å². The number of ether oxygens (including phenoxy) is 1. The summed E-state index contributed by atoms with van der Waals surface area (Å²) in [6.07, 6.45) is 1.35. The molecule has 0 amide bonds. The summed E-state index contributed by atoms with van der Waals surface area (Å²) in [6.45, 7) is 16.3. The van der Waals surface area contributed by atoms with Crippen molar-refractivity contribution in [1.82, 2.24) is 0 Å². The summed E-state index contributed by atoms with van der Waals surface area (Å²) >= 11 is 0. The lowest BCUT2D eigenvalue weighted by molar-refractivity contribution is -0.173. The lowest BCUT2D eigenvalue weighted by Crippen LogP contribution is -2.36. The molecule has 0 aliphatic rings. The molecule has 2 atom stereocenters. The van der Waals surface area contributed by atoms with E-state index in [0.717, 1.165) is 18.9 Å². The van der Waals surface area contributed by atoms with Crippen molar-refractivity contribution in [2.75, 3.05) is 6.61 Å². The molecule has 0 aromatic heterocycles. The van der Waals surface area contributed by atoms with Crippen molar-refractivity contribution >= 4 is 8.07 Å². The van der Waals surface area contributed by atoms with Crippen LogP contribution in [0.15, 0.2) is 0 Å². The quantitative estimate of drug-likeness (QED) is 0.525. The smallest absolute Gasteiger partial charge is 0.159 e. The second-order valence-corrected chi connectivity index (χ2v) is 12.8. The van der Waals surface area contributed by atoms with Crippen LogP contribution >= 0.6 is 0 Å². The van der Waals surface area contributed by atoms with E-state index in [2.05, 4.69) is 47.3 Å². The topological polar surface area (TPSA) is 29.5 Å². The number of aliphatic hydroxyl groups is 1. The van der Waals surface area contributed by atoms with Crippen molar-refractivity contribution in [3.63, 3.8) is 0 Å². The molecule has 1 N–H and O–H groups in total. The van der Waals surface area contributed by atoms with E-state index in [1.54, 1.807) is 0 Å². The third kappa shape index (κ3) is 7.22. The Bertz CT molecular complexity index is 211. The van der Waals surface area contributed by atoms with Gasteiger partial charge in [0.05, 0.1) is 0 Å². The van der Waals surface area contributed by atoms with Gasteiger partial charge in [0.25, 0.3) is 0 Å². The molecule has 0 aliphatic heterocycles. The highest BCUT2D eigenvalue weighted by molar-refractivity contribution is 6.76. The maximum Gasteiger partial charge on any atom is 0.159 e. The lowest BCUT2D eigenvalue weighted by atomic mass is 9.79. The SMILES string of the molecule is CCC(C)(CC(C)C)C(O)OCC[Si](C)(C)C. The normalized spacial score (nSPS) is 18.2. The maximum absolute atomic E-state index is 10.2. The van der Waals surface area contributed by atoms with Gasteiger partial charge in [-0.3, -0.25) is 0 Å². The molecule has 0 radical (unpaired) electrons. The molecule has 0 aromatic carbocycles. The minimum Gasteiger partial charge on any atom is -0.367 e. The molecule has 3 heteroatoms. The van der Waals surface area contributed by atoms with E-state index in [4.69, 9.17) is 4.74 Å². The van der Waals surface area contributed by atoms with Gasteiger partial charge in [-0.1, -0.05) is 47.3 Å². The average molecular weight is 260 g/mol. The molecule has 0 fully saturated rings. The minimum atomic E-state index is -1.06. The third-order valence-electron chi connectivity index (χ3n) is 3.41. The average Bonchev–Trinajstić information content (AvgIpc) is 2.14. The Balaban J connectivity index is 4.21. The van der Waals surface area contributed by atoms with Gasteiger partial charge in [0.2, 0.25) is 0 Å². The van der Waals surface area contributed by atoms with Crippen LogP contribution in [0.5, 0.6) is 0 Å². The van der Waals surface area contributed by atoms with Gasteiger partial charge in [0.1, 0.15) is 0 Å². The van der Waals surface area contributed by atoms with E-state index >= 15 is 0 Å². The summed E-state index contributed by atoms with van der Waals surface area (Å²) in [6, 6.07) is 1.12. The Morgan fingerprint density at radius 1 is 1.24 bits per heavy atom. The van der Waals surface area contributed by atoms with E-state index in [9.17, 15) is 5.11 Å². The van der Waals surface area contributed by atoms with Gasteiger partial charge in [0, 0.05) is 20.1 Å². The zero-order valence-corrected chi connectivity index (χ0v) is 13.8. The van der Waals surface area contributed by atoms with Crippen molar-refractivity contribution < 1.29 is 9.84 Å². The largest absolute Gasteiger partial charge is 0.367 e. The number of hydrogen-bond donors (Lipinski definition) is 1. The second-order valence-electron chi connectivity index (χ2n) is 7.14. The molecule has 0 heterocycles. The van der Waals surface area contributed by atoms with Crippen LogP contribution in [-0.2, 0) is 4.74 Å². The summed E-state index contributed by atoms with van der Waals surface area (Å²) < 4.78 is 5.67. The van der Waals surface area contributed by atoms with E-state index in [1.807, 2.05) is 0 Å². The fourth-order valence-corrected chi connectivity index (χ4v) is 2.76. The molecule has 0 bridgehead atoms. The Kier molecular flexibility index (Phi) is 6.96. The van der Waals surface area contributed by atoms with Crippen LogP contribution in [0, 0.1) is 11.3 Å². The second kappa shape index (κ2) is 6.91. The van der Waals surface area contributed by atoms with Gasteiger partial charge in [-0.25, -0.2) is 0 Å². The van der Waals surface area contributed by atoms with E-state index in [0.29, 0.717) is 12.5 Å². The molecule has 0 aromatic rings. The van der Waals surface area contributed by atoms with Crippen LogP contribution in [0.3, 0.4) is 0 Å². The summed E-state index contributed by atoms with van der Waals surface area (Å²) in [5.41, 5.74) is -0.104. The van der Waals surface area contributed by atoms with Crippen molar-refractivity contribution in [2.45, 2.75) is 72.5 Å². The van der Waals surface area contributed by atoms with Crippen LogP contribution in [0.4, 0.5) is 0 Å². The van der Waals surface area contributed by atoms with E-state index in [1.165, 1.54) is 0 Å². The van der Waals surface area contributed by atoms with Gasteiger partial charge in [-0.05, 0) is 24.8 Å². The molecule has 0 saturated heterocycles. The first-order chi connectivity index (χ1) is 7.60. The van der Waals surface area contributed by atoms with Crippen LogP contribution in [-0.4, -0.2) is 26.1 Å². The van der Waals surface area contributed by atoms with Crippen LogP contribution in [0.2, 0.25) is 25.7 Å². The highest BCUT2D eigenvalue weighted by atomic mass is 28.3. The van der Waals surface area contributed by atoms with E-state index in [-0.39, 0.29) is 5.41 Å². The molecule has 2 unspecified atom stereocenters. The molecule has 0 saturated carbocycles. The van der Waals surface area contributed by atoms with Crippen molar-refractivity contribution in [3.8, 4) is 0 Å². The van der Waals surface area contributed by atoms with Gasteiger partial charge in [-0.15, -0.1) is 0 Å². The first-order valence-corrected chi connectivity index (χ1v) is 10.6. The first-order valence-electron chi connectivity index (χ1n) is 6.90. The fourth-order valence-electron chi connectivity index (χ4n) is 2.03. The van der Waals surface area contributed by atoms with Crippen LogP contribution < -0.4 is 0 Å². The van der Waals surface area contributed by atoms with Crippen LogP contribution in [0.1, 0.15) is 40.5 Å².